The van der Waals surface area contributed by atoms with Crippen LogP contribution in [0.25, 0.3) is 10.2 Å². The molecule has 1 unspecified atom stereocenters. The Morgan fingerprint density at radius 2 is 2.10 bits per heavy atom. The summed E-state index contributed by atoms with van der Waals surface area (Å²) in [5.41, 5.74) is 6.30. The lowest BCUT2D eigenvalue weighted by atomic mass is 10.0. The Hall–Kier alpha value is -1.17. The number of hydrogen-bond acceptors (Lipinski definition) is 4. The summed E-state index contributed by atoms with van der Waals surface area (Å²) in [4.78, 5) is 16.0. The standard InChI is InChI=1S/C14H18ClN3OS/c1-7(2)12(13(16)19)17-8(3)14-18-10-6-9(15)4-5-11(10)20-14/h4-8,12,17H,1-3H3,(H2,16,19)/t8?,12-/m0/s1. The fourth-order valence-electron chi connectivity index (χ4n) is 2.05. The predicted octanol–water partition coefficient (Wildman–Crippen LogP) is 3.11. The smallest absolute Gasteiger partial charge is 0.234 e. The molecule has 1 aromatic heterocycles. The third kappa shape index (κ3) is 3.29. The molecule has 0 fully saturated rings. The molecule has 6 heteroatoms. The molecule has 0 saturated heterocycles. The van der Waals surface area contributed by atoms with Crippen molar-refractivity contribution in [3.8, 4) is 0 Å². The molecule has 0 saturated carbocycles. The molecule has 2 rings (SSSR count). The van der Waals surface area contributed by atoms with E-state index < -0.39 is 0 Å². The van der Waals surface area contributed by atoms with Crippen LogP contribution in [-0.4, -0.2) is 16.9 Å². The van der Waals surface area contributed by atoms with Gasteiger partial charge in [-0.2, -0.15) is 0 Å². The average Bonchev–Trinajstić information content (AvgIpc) is 2.77. The van der Waals surface area contributed by atoms with Crippen molar-refractivity contribution in [3.05, 3.63) is 28.2 Å². The number of rotatable bonds is 5. The van der Waals surface area contributed by atoms with Crippen molar-refractivity contribution in [1.29, 1.82) is 0 Å². The van der Waals surface area contributed by atoms with Gasteiger partial charge < -0.3 is 5.73 Å². The number of carbonyl (C=O) groups excluding carboxylic acids is 1. The van der Waals surface area contributed by atoms with Crippen molar-refractivity contribution in [2.45, 2.75) is 32.9 Å². The number of nitrogens with zero attached hydrogens (tertiary/aromatic N) is 1. The molecule has 1 aromatic carbocycles. The van der Waals surface area contributed by atoms with Gasteiger partial charge in [0.05, 0.1) is 22.3 Å². The Labute approximate surface area is 127 Å². The summed E-state index contributed by atoms with van der Waals surface area (Å²) in [5.74, 6) is -0.199. The summed E-state index contributed by atoms with van der Waals surface area (Å²) in [6, 6.07) is 5.26. The Kier molecular flexibility index (Phi) is 4.62. The summed E-state index contributed by atoms with van der Waals surface area (Å²) in [6.45, 7) is 5.91. The minimum Gasteiger partial charge on any atom is -0.368 e. The van der Waals surface area contributed by atoms with Gasteiger partial charge in [-0.05, 0) is 31.0 Å². The maximum absolute atomic E-state index is 11.4. The monoisotopic (exact) mass is 311 g/mol. The van der Waals surface area contributed by atoms with E-state index in [2.05, 4.69) is 10.3 Å². The predicted molar refractivity (Wildman–Crippen MR) is 84.0 cm³/mol. The molecule has 2 aromatic rings. The number of nitrogens with two attached hydrogens (primary N) is 1. The largest absolute Gasteiger partial charge is 0.368 e. The fourth-order valence-corrected chi connectivity index (χ4v) is 3.17. The van der Waals surface area contributed by atoms with Crippen LogP contribution in [-0.2, 0) is 4.79 Å². The van der Waals surface area contributed by atoms with E-state index in [0.717, 1.165) is 15.2 Å². The van der Waals surface area contributed by atoms with Crippen LogP contribution in [0.3, 0.4) is 0 Å². The first-order chi connectivity index (χ1) is 9.38. The van der Waals surface area contributed by atoms with Gasteiger partial charge in [-0.1, -0.05) is 25.4 Å². The zero-order valence-electron chi connectivity index (χ0n) is 11.7. The third-order valence-corrected chi connectivity index (χ3v) is 4.59. The summed E-state index contributed by atoms with van der Waals surface area (Å²) in [7, 11) is 0. The highest BCUT2D eigenvalue weighted by atomic mass is 35.5. The first-order valence-electron chi connectivity index (χ1n) is 6.50. The molecule has 3 N–H and O–H groups in total. The van der Waals surface area contributed by atoms with Crippen LogP contribution in [0.15, 0.2) is 18.2 Å². The normalized spacial score (nSPS) is 14.7. The third-order valence-electron chi connectivity index (χ3n) is 3.14. The van der Waals surface area contributed by atoms with Crippen LogP contribution in [0.1, 0.15) is 31.8 Å². The number of aromatic nitrogens is 1. The molecular weight excluding hydrogens is 294 g/mol. The second kappa shape index (κ2) is 6.08. The highest BCUT2D eigenvalue weighted by Crippen LogP contribution is 2.28. The van der Waals surface area contributed by atoms with Crippen LogP contribution >= 0.6 is 22.9 Å². The van der Waals surface area contributed by atoms with Crippen LogP contribution in [0.4, 0.5) is 0 Å². The molecule has 20 heavy (non-hydrogen) atoms. The van der Waals surface area contributed by atoms with Gasteiger partial charge in [-0.15, -0.1) is 11.3 Å². The van der Waals surface area contributed by atoms with Crippen molar-refractivity contribution < 1.29 is 4.79 Å². The van der Waals surface area contributed by atoms with E-state index in [4.69, 9.17) is 17.3 Å². The molecule has 2 atom stereocenters. The summed E-state index contributed by atoms with van der Waals surface area (Å²) < 4.78 is 1.08. The average molecular weight is 312 g/mol. The number of halogens is 1. The molecule has 1 amide bonds. The van der Waals surface area contributed by atoms with Crippen molar-refractivity contribution in [3.63, 3.8) is 0 Å². The molecular formula is C14H18ClN3OS. The number of nitrogens with one attached hydrogen (secondary N) is 1. The second-order valence-corrected chi connectivity index (χ2v) is 6.68. The Morgan fingerprint density at radius 1 is 1.40 bits per heavy atom. The summed E-state index contributed by atoms with van der Waals surface area (Å²) >= 11 is 7.56. The highest BCUT2D eigenvalue weighted by molar-refractivity contribution is 7.18. The van der Waals surface area contributed by atoms with Gasteiger partial charge in [0.2, 0.25) is 5.91 Å². The van der Waals surface area contributed by atoms with E-state index in [-0.39, 0.29) is 23.9 Å². The van der Waals surface area contributed by atoms with Crippen molar-refractivity contribution in [1.82, 2.24) is 10.3 Å². The highest BCUT2D eigenvalue weighted by Gasteiger charge is 2.23. The van der Waals surface area contributed by atoms with Gasteiger partial charge in [0.25, 0.3) is 0 Å². The topological polar surface area (TPSA) is 68.0 Å². The molecule has 0 spiro atoms. The maximum atomic E-state index is 11.4. The zero-order valence-corrected chi connectivity index (χ0v) is 13.3. The Morgan fingerprint density at radius 3 is 2.70 bits per heavy atom. The fraction of sp³-hybridized carbons (Fsp3) is 0.429. The van der Waals surface area contributed by atoms with E-state index in [1.807, 2.05) is 39.0 Å². The SMILES string of the molecule is CC(N[C@H](C(N)=O)C(C)C)c1nc2cc(Cl)ccc2s1. The van der Waals surface area contributed by atoms with Crippen LogP contribution in [0.2, 0.25) is 5.02 Å². The van der Waals surface area contributed by atoms with Crippen molar-refractivity contribution in [2.75, 3.05) is 0 Å². The molecule has 0 aliphatic heterocycles. The number of fused-ring (bicyclic) bond motifs is 1. The van der Waals surface area contributed by atoms with Gasteiger partial charge in [0.15, 0.2) is 0 Å². The van der Waals surface area contributed by atoms with Gasteiger partial charge >= 0.3 is 0 Å². The quantitative estimate of drug-likeness (QED) is 0.891. The van der Waals surface area contributed by atoms with E-state index in [1.165, 1.54) is 0 Å². The Balaban J connectivity index is 2.22. The first kappa shape index (κ1) is 15.2. The summed E-state index contributed by atoms with van der Waals surface area (Å²) in [5, 5.41) is 4.85. The molecule has 4 nitrogen and oxygen atoms in total. The Bertz CT molecular complexity index is 626. The number of amides is 1. The van der Waals surface area contributed by atoms with E-state index >= 15 is 0 Å². The van der Waals surface area contributed by atoms with Crippen LogP contribution in [0, 0.1) is 5.92 Å². The number of benzene rings is 1. The molecule has 108 valence electrons. The number of carbonyl (C=O) groups is 1. The van der Waals surface area contributed by atoms with E-state index in [1.54, 1.807) is 11.3 Å². The lowest BCUT2D eigenvalue weighted by Gasteiger charge is -2.22. The maximum Gasteiger partial charge on any atom is 0.234 e. The molecule has 0 bridgehead atoms. The number of thiazole rings is 1. The minimum absolute atomic E-state index is 0.0360. The van der Waals surface area contributed by atoms with Gasteiger partial charge in [0, 0.05) is 5.02 Å². The molecule has 0 aliphatic rings. The molecule has 1 heterocycles. The molecule has 0 aliphatic carbocycles. The van der Waals surface area contributed by atoms with Crippen molar-refractivity contribution in [2.24, 2.45) is 11.7 Å². The van der Waals surface area contributed by atoms with E-state index in [0.29, 0.717) is 5.02 Å². The van der Waals surface area contributed by atoms with E-state index in [9.17, 15) is 4.79 Å². The van der Waals surface area contributed by atoms with Crippen LogP contribution < -0.4 is 11.1 Å². The number of hydrogen-bond donors (Lipinski definition) is 2. The van der Waals surface area contributed by atoms with Gasteiger partial charge in [-0.3, -0.25) is 10.1 Å². The number of primary amides is 1. The van der Waals surface area contributed by atoms with Gasteiger partial charge in [0.1, 0.15) is 5.01 Å². The zero-order chi connectivity index (χ0) is 14.9. The molecule has 0 radical (unpaired) electrons. The van der Waals surface area contributed by atoms with Gasteiger partial charge in [-0.25, -0.2) is 4.98 Å². The first-order valence-corrected chi connectivity index (χ1v) is 7.69. The second-order valence-electron chi connectivity index (χ2n) is 5.18. The van der Waals surface area contributed by atoms with Crippen LogP contribution in [0.5, 0.6) is 0 Å². The summed E-state index contributed by atoms with van der Waals surface area (Å²) in [6.07, 6.45) is 0. The lowest BCUT2D eigenvalue weighted by molar-refractivity contribution is -0.121. The van der Waals surface area contributed by atoms with Crippen molar-refractivity contribution >= 4 is 39.1 Å². The minimum atomic E-state index is -0.361. The lowest BCUT2D eigenvalue weighted by Crippen LogP contribution is -2.45.